The summed E-state index contributed by atoms with van der Waals surface area (Å²) in [5.41, 5.74) is 5.41. The highest BCUT2D eigenvalue weighted by Gasteiger charge is 2.33. The molecule has 0 atom stereocenters. The lowest BCUT2D eigenvalue weighted by atomic mass is 9.86. The number of carbonyl (C=O) groups excluding carboxylic acids is 1. The summed E-state index contributed by atoms with van der Waals surface area (Å²) in [7, 11) is 1.43. The number of rotatable bonds is 1. The van der Waals surface area contributed by atoms with Crippen LogP contribution in [0.1, 0.15) is 57.8 Å². The van der Waals surface area contributed by atoms with E-state index in [1.165, 1.54) is 39.2 Å². The Labute approximate surface area is 105 Å². The first-order valence-corrected chi connectivity index (χ1v) is 6.06. The van der Waals surface area contributed by atoms with E-state index in [2.05, 4.69) is 0 Å². The van der Waals surface area contributed by atoms with Crippen molar-refractivity contribution in [1.82, 2.24) is 0 Å². The van der Waals surface area contributed by atoms with Crippen LogP contribution in [0.2, 0.25) is 0 Å². The number of ether oxygens (including phenoxy) is 1. The molecule has 1 aliphatic rings. The van der Waals surface area contributed by atoms with Crippen LogP contribution in [-0.4, -0.2) is 18.6 Å². The third-order valence-electron chi connectivity index (χ3n) is 3.34. The fourth-order valence-electron chi connectivity index (χ4n) is 2.30. The van der Waals surface area contributed by atoms with Gasteiger partial charge in [-0.2, -0.15) is 0 Å². The molecule has 1 saturated carbocycles. The first-order valence-electron chi connectivity index (χ1n) is 6.06. The molecule has 0 bridgehead atoms. The summed E-state index contributed by atoms with van der Waals surface area (Å²) in [6.07, 6.45) is 9.91. The maximum Gasteiger partial charge on any atom is 0.325 e. The third-order valence-corrected chi connectivity index (χ3v) is 3.34. The second kappa shape index (κ2) is 7.91. The molecule has 1 aliphatic carbocycles. The van der Waals surface area contributed by atoms with Crippen molar-refractivity contribution in [3.8, 4) is 0 Å². The lowest BCUT2D eigenvalue weighted by Crippen LogP contribution is -2.48. The van der Waals surface area contributed by atoms with Crippen molar-refractivity contribution < 1.29 is 9.53 Å². The van der Waals surface area contributed by atoms with Gasteiger partial charge in [0, 0.05) is 0 Å². The summed E-state index contributed by atoms with van der Waals surface area (Å²) < 4.78 is 4.80. The van der Waals surface area contributed by atoms with Gasteiger partial charge in [-0.15, -0.1) is 12.4 Å². The second-order valence-corrected chi connectivity index (χ2v) is 4.62. The monoisotopic (exact) mass is 249 g/mol. The predicted molar refractivity (Wildman–Crippen MR) is 67.7 cm³/mol. The molecule has 4 heteroatoms. The average molecular weight is 250 g/mol. The van der Waals surface area contributed by atoms with E-state index in [4.69, 9.17) is 10.5 Å². The fourth-order valence-corrected chi connectivity index (χ4v) is 2.30. The molecular formula is C12H24ClNO2. The Bertz CT molecular complexity index is 199. The van der Waals surface area contributed by atoms with Gasteiger partial charge in [0.2, 0.25) is 0 Å². The molecule has 0 amide bonds. The molecule has 0 aliphatic heterocycles. The molecule has 0 radical (unpaired) electrons. The number of hydrogen-bond acceptors (Lipinski definition) is 3. The van der Waals surface area contributed by atoms with E-state index in [0.717, 1.165) is 25.7 Å². The molecule has 0 aromatic heterocycles. The summed E-state index contributed by atoms with van der Waals surface area (Å²) in [6.45, 7) is 0. The lowest BCUT2D eigenvalue weighted by molar-refractivity contribution is -0.147. The van der Waals surface area contributed by atoms with E-state index in [-0.39, 0.29) is 18.4 Å². The van der Waals surface area contributed by atoms with Gasteiger partial charge in [0.25, 0.3) is 0 Å². The van der Waals surface area contributed by atoms with Gasteiger partial charge in [-0.05, 0) is 12.8 Å². The molecule has 0 heterocycles. The molecular weight excluding hydrogens is 226 g/mol. The van der Waals surface area contributed by atoms with Gasteiger partial charge >= 0.3 is 5.97 Å². The number of nitrogens with two attached hydrogens (primary N) is 1. The highest BCUT2D eigenvalue weighted by Crippen LogP contribution is 2.24. The Kier molecular flexibility index (Phi) is 7.77. The smallest absolute Gasteiger partial charge is 0.325 e. The Morgan fingerprint density at radius 1 is 1.00 bits per heavy atom. The molecule has 0 aromatic carbocycles. The summed E-state index contributed by atoms with van der Waals surface area (Å²) in [6, 6.07) is 0. The largest absolute Gasteiger partial charge is 0.468 e. The summed E-state index contributed by atoms with van der Waals surface area (Å²) in [4.78, 5) is 11.6. The van der Waals surface area contributed by atoms with Crippen molar-refractivity contribution in [3.63, 3.8) is 0 Å². The van der Waals surface area contributed by atoms with Crippen LogP contribution in [0.15, 0.2) is 0 Å². The Hall–Kier alpha value is -0.280. The zero-order valence-corrected chi connectivity index (χ0v) is 11.0. The van der Waals surface area contributed by atoms with Crippen LogP contribution in [0.4, 0.5) is 0 Å². The van der Waals surface area contributed by atoms with Crippen LogP contribution in [0.5, 0.6) is 0 Å². The number of carbonyl (C=O) groups is 1. The van der Waals surface area contributed by atoms with Gasteiger partial charge in [-0.25, -0.2) is 0 Å². The summed E-state index contributed by atoms with van der Waals surface area (Å²) >= 11 is 0. The van der Waals surface area contributed by atoms with E-state index >= 15 is 0 Å². The van der Waals surface area contributed by atoms with Crippen LogP contribution in [0.3, 0.4) is 0 Å². The van der Waals surface area contributed by atoms with Gasteiger partial charge in [0.05, 0.1) is 7.11 Å². The molecule has 1 fully saturated rings. The molecule has 96 valence electrons. The van der Waals surface area contributed by atoms with E-state index in [0.29, 0.717) is 0 Å². The van der Waals surface area contributed by atoms with Gasteiger partial charge in [0.15, 0.2) is 0 Å². The number of hydrogen-bond donors (Lipinski definition) is 1. The highest BCUT2D eigenvalue weighted by molar-refractivity contribution is 5.85. The third kappa shape index (κ3) is 4.71. The highest BCUT2D eigenvalue weighted by atomic mass is 35.5. The van der Waals surface area contributed by atoms with Gasteiger partial charge in [-0.1, -0.05) is 44.9 Å². The van der Waals surface area contributed by atoms with Crippen LogP contribution < -0.4 is 5.73 Å². The van der Waals surface area contributed by atoms with Crippen molar-refractivity contribution in [2.45, 2.75) is 63.3 Å². The van der Waals surface area contributed by atoms with Crippen LogP contribution in [0, 0.1) is 0 Å². The quantitative estimate of drug-likeness (QED) is 0.727. The first kappa shape index (κ1) is 15.7. The zero-order chi connectivity index (χ0) is 11.1. The SMILES string of the molecule is COC(=O)C1(N)CCCCCCCCC1.Cl. The fraction of sp³-hybridized carbons (Fsp3) is 0.917. The summed E-state index contributed by atoms with van der Waals surface area (Å²) in [5, 5.41) is 0. The normalized spacial score (nSPS) is 21.6. The second-order valence-electron chi connectivity index (χ2n) is 4.62. The van der Waals surface area contributed by atoms with Crippen LogP contribution in [0.25, 0.3) is 0 Å². The first-order chi connectivity index (χ1) is 7.19. The summed E-state index contributed by atoms with van der Waals surface area (Å²) in [5.74, 6) is -0.233. The Morgan fingerprint density at radius 2 is 1.38 bits per heavy atom. The zero-order valence-electron chi connectivity index (χ0n) is 10.2. The topological polar surface area (TPSA) is 52.3 Å². The Morgan fingerprint density at radius 3 is 1.75 bits per heavy atom. The number of methoxy groups -OCH3 is 1. The van der Waals surface area contributed by atoms with E-state index < -0.39 is 5.54 Å². The molecule has 16 heavy (non-hydrogen) atoms. The van der Waals surface area contributed by atoms with Gasteiger partial charge < -0.3 is 10.5 Å². The maximum atomic E-state index is 11.6. The lowest BCUT2D eigenvalue weighted by Gasteiger charge is -2.27. The Balaban J connectivity index is 0.00000225. The molecule has 0 saturated heterocycles. The van der Waals surface area contributed by atoms with Crippen LogP contribution in [-0.2, 0) is 9.53 Å². The van der Waals surface area contributed by atoms with E-state index in [1.54, 1.807) is 0 Å². The molecule has 3 nitrogen and oxygen atoms in total. The van der Waals surface area contributed by atoms with E-state index in [1.807, 2.05) is 0 Å². The van der Waals surface area contributed by atoms with Gasteiger partial charge in [-0.3, -0.25) is 4.79 Å². The van der Waals surface area contributed by atoms with Crippen molar-refractivity contribution in [2.24, 2.45) is 5.73 Å². The van der Waals surface area contributed by atoms with Crippen molar-refractivity contribution in [3.05, 3.63) is 0 Å². The minimum absolute atomic E-state index is 0. The molecule has 0 aromatic rings. The molecule has 2 N–H and O–H groups in total. The average Bonchev–Trinajstić information content (AvgIpc) is 2.26. The predicted octanol–water partition coefficient (Wildman–Crippen LogP) is 2.80. The van der Waals surface area contributed by atoms with E-state index in [9.17, 15) is 4.79 Å². The number of halogens is 1. The van der Waals surface area contributed by atoms with Crippen molar-refractivity contribution in [2.75, 3.05) is 7.11 Å². The molecule has 0 spiro atoms. The minimum Gasteiger partial charge on any atom is -0.468 e. The van der Waals surface area contributed by atoms with Crippen LogP contribution >= 0.6 is 12.4 Å². The number of esters is 1. The van der Waals surface area contributed by atoms with Crippen molar-refractivity contribution in [1.29, 1.82) is 0 Å². The maximum absolute atomic E-state index is 11.6. The van der Waals surface area contributed by atoms with Gasteiger partial charge in [0.1, 0.15) is 5.54 Å². The molecule has 1 rings (SSSR count). The standard InChI is InChI=1S/C12H23NO2.ClH/c1-15-11(14)12(13)9-7-5-3-2-4-6-8-10-12;/h2-10,13H2,1H3;1H. The molecule has 0 unspecified atom stereocenters. The van der Waals surface area contributed by atoms with Crippen molar-refractivity contribution >= 4 is 18.4 Å². The minimum atomic E-state index is -0.716.